The molecule has 10 aromatic carbocycles. The molecule has 0 spiro atoms. The number of hydrogen-bond donors (Lipinski definition) is 4. The number of halogens is 1. The van der Waals surface area contributed by atoms with Crippen molar-refractivity contribution in [3.8, 4) is 0 Å². The van der Waals surface area contributed by atoms with E-state index in [1.165, 1.54) is 57.4 Å². The van der Waals surface area contributed by atoms with Crippen LogP contribution in [0.25, 0.3) is 0 Å². The highest BCUT2D eigenvalue weighted by Crippen LogP contribution is 2.34. The van der Waals surface area contributed by atoms with Crippen LogP contribution in [0, 0.1) is 62.3 Å². The molecule has 17 rings (SSSR count). The van der Waals surface area contributed by atoms with Crippen LogP contribution in [-0.2, 0) is 105 Å². The molecule has 756 valence electrons. The van der Waals surface area contributed by atoms with E-state index < -0.39 is 80.9 Å². The highest BCUT2D eigenvalue weighted by atomic mass is 35.5. The van der Waals surface area contributed by atoms with E-state index in [0.29, 0.717) is 83.2 Å². The summed E-state index contributed by atoms with van der Waals surface area (Å²) in [6, 6.07) is 74.0. The maximum Gasteiger partial charge on any atom is 0.304 e. The molecule has 4 N–H and O–H groups in total. The molecule has 7 aliphatic heterocycles. The lowest BCUT2D eigenvalue weighted by Gasteiger charge is -2.27. The third kappa shape index (κ3) is 34.5. The van der Waals surface area contributed by atoms with E-state index in [1.54, 1.807) is 45.3 Å². The van der Waals surface area contributed by atoms with E-state index in [4.69, 9.17) is 11.6 Å². The summed E-state index contributed by atoms with van der Waals surface area (Å²) in [4.78, 5) is 15.5. The number of nitrogens with one attached hydrogen (secondary N) is 4. The topological polar surface area (TPSA) is 371 Å². The van der Waals surface area contributed by atoms with Gasteiger partial charge in [0.2, 0.25) is 46.0 Å². The van der Waals surface area contributed by atoms with E-state index in [-0.39, 0.29) is 29.8 Å². The van der Waals surface area contributed by atoms with Crippen molar-refractivity contribution in [2.45, 2.75) is 101 Å². The Morgan fingerprint density at radius 3 is 1.37 bits per heavy atom. The Balaban J connectivity index is 0.000000176. The van der Waals surface area contributed by atoms with Crippen molar-refractivity contribution in [2.75, 3.05) is 181 Å². The van der Waals surface area contributed by atoms with E-state index in [0.717, 1.165) is 147 Å². The second kappa shape index (κ2) is 51.2. The van der Waals surface area contributed by atoms with Crippen LogP contribution in [0.4, 0.5) is 51.2 Å². The molecule has 31 nitrogen and oxygen atoms in total. The Bertz CT molecular complexity index is 6700. The van der Waals surface area contributed by atoms with Crippen LogP contribution in [-0.4, -0.2) is 227 Å². The minimum Gasteiger partial charge on any atom is -0.312 e. The number of rotatable bonds is 21. The van der Waals surface area contributed by atoms with Crippen LogP contribution in [0.2, 0.25) is 0 Å². The SMILES string of the molecule is CCS(=O)(=O)N1CCc2cc(C)ccc21.Cc1ccc(N(C)S(=O)(=O)CCN2CCSCC2)cc1.Cc1ccc(N2CCCC2=O)cc1.Cc1ccc(N2CCN(C)S2(=O)=O)cc1.Cc1ccc(N2CCN(Cc3ccccc3)S2(=O)=O)cc1.Cc1ccc(N2CCNS2(=O)=O)cc1.Cc1ccc(NS(=O)(=O)NCCCl)cc1.Cc1ccc2c(c1)CCN2S(C)(=O)=O.Cc1cccc(NS(C)(=O)=O)c1. The molecular formula is C98H131ClN14O17S9. The number of likely N-dealkylation sites (N-methyl/N-ethyl adjacent to an activating group) is 1. The number of thioether (sulfide) groups is 1. The number of aryl methyl sites for hydroxylation is 9. The molecule has 1 amide bonds. The summed E-state index contributed by atoms with van der Waals surface area (Å²) in [5.41, 5.74) is 20.3. The maximum atomic E-state index is 12.6. The highest BCUT2D eigenvalue weighted by molar-refractivity contribution is 7.99. The molecule has 0 aliphatic carbocycles. The molecular weight excluding hydrogens is 1970 g/mol. The van der Waals surface area contributed by atoms with Crippen molar-refractivity contribution in [1.29, 1.82) is 0 Å². The first-order valence-corrected chi connectivity index (χ1v) is 59.7. The van der Waals surface area contributed by atoms with Crippen molar-refractivity contribution >= 4 is 161 Å². The molecule has 0 unspecified atom stereocenters. The molecule has 0 aromatic heterocycles. The van der Waals surface area contributed by atoms with E-state index in [1.807, 2.05) is 272 Å². The number of fused-ring (bicyclic) bond motifs is 2. The van der Waals surface area contributed by atoms with Gasteiger partial charge in [-0.25, -0.2) is 33.7 Å². The monoisotopic (exact) mass is 2100 g/mol. The van der Waals surface area contributed by atoms with Gasteiger partial charge in [0.05, 0.1) is 58.1 Å². The van der Waals surface area contributed by atoms with Gasteiger partial charge >= 0.3 is 30.6 Å². The minimum atomic E-state index is -3.49. The molecule has 0 radical (unpaired) electrons. The Morgan fingerprint density at radius 1 is 0.453 bits per heavy atom. The summed E-state index contributed by atoms with van der Waals surface area (Å²) in [6.45, 7) is 27.9. The fourth-order valence-corrected chi connectivity index (χ4v) is 25.2. The Hall–Kier alpha value is -9.89. The molecule has 41 heteroatoms. The number of benzene rings is 10. The summed E-state index contributed by atoms with van der Waals surface area (Å²) in [6.07, 6.45) is 5.73. The quantitative estimate of drug-likeness (QED) is 0.0485. The van der Waals surface area contributed by atoms with Gasteiger partial charge in [-0.3, -0.25) is 40.1 Å². The summed E-state index contributed by atoms with van der Waals surface area (Å²) < 4.78 is 208. The number of nitrogens with zero attached hydrogens (tertiary/aromatic N) is 10. The number of sulfonamides is 4. The van der Waals surface area contributed by atoms with Crippen molar-refractivity contribution in [3.05, 3.63) is 303 Å². The summed E-state index contributed by atoms with van der Waals surface area (Å²) >= 11 is 7.31. The van der Waals surface area contributed by atoms with Crippen molar-refractivity contribution in [1.82, 2.24) is 23.0 Å². The van der Waals surface area contributed by atoms with Crippen molar-refractivity contribution in [3.63, 3.8) is 0 Å². The Kier molecular flexibility index (Phi) is 41.5. The lowest BCUT2D eigenvalue weighted by Crippen LogP contribution is -2.39. The van der Waals surface area contributed by atoms with Crippen LogP contribution in [0.1, 0.15) is 86.5 Å². The van der Waals surface area contributed by atoms with Gasteiger partial charge in [-0.05, 0) is 208 Å². The van der Waals surface area contributed by atoms with Crippen molar-refractivity contribution < 1.29 is 72.1 Å². The first kappa shape index (κ1) is 113. The van der Waals surface area contributed by atoms with Gasteiger partial charge in [0.25, 0.3) is 10.2 Å². The lowest BCUT2D eigenvalue weighted by molar-refractivity contribution is -0.117. The third-order valence-corrected chi connectivity index (χ3v) is 35.7. The zero-order valence-electron chi connectivity index (χ0n) is 81.2. The lowest BCUT2D eigenvalue weighted by atomic mass is 10.1. The second-order valence-electron chi connectivity index (χ2n) is 34.2. The first-order valence-electron chi connectivity index (χ1n) is 45.3. The Morgan fingerprint density at radius 2 is 0.914 bits per heavy atom. The zero-order chi connectivity index (χ0) is 102. The predicted molar refractivity (Wildman–Crippen MR) is 571 cm³/mol. The number of carbonyl (C=O) groups is 1. The second-order valence-corrected chi connectivity index (χ2v) is 50.8. The number of anilines is 9. The molecule has 7 heterocycles. The van der Waals surface area contributed by atoms with Gasteiger partial charge in [0, 0.05) is 147 Å². The molecule has 10 aromatic rings. The van der Waals surface area contributed by atoms with Gasteiger partial charge in [-0.15, -0.1) is 11.6 Å². The molecule has 0 saturated carbocycles. The molecule has 0 atom stereocenters. The van der Waals surface area contributed by atoms with Crippen LogP contribution in [0.5, 0.6) is 0 Å². The Labute approximate surface area is 835 Å². The summed E-state index contributed by atoms with van der Waals surface area (Å²) in [5, 5.41) is 0. The van der Waals surface area contributed by atoms with E-state index >= 15 is 0 Å². The van der Waals surface area contributed by atoms with Gasteiger partial charge in [0.15, 0.2) is 0 Å². The fourth-order valence-electron chi connectivity index (χ4n) is 15.0. The maximum absolute atomic E-state index is 12.6. The van der Waals surface area contributed by atoms with Crippen molar-refractivity contribution in [2.24, 2.45) is 0 Å². The zero-order valence-corrected chi connectivity index (χ0v) is 89.3. The van der Waals surface area contributed by atoms with Gasteiger partial charge in [0.1, 0.15) is 0 Å². The van der Waals surface area contributed by atoms with Crippen LogP contribution in [0.15, 0.2) is 237 Å². The van der Waals surface area contributed by atoms with E-state index in [2.05, 4.69) is 42.8 Å². The summed E-state index contributed by atoms with van der Waals surface area (Å²) in [5.74, 6) is 3.06. The number of amides is 1. The van der Waals surface area contributed by atoms with E-state index in [9.17, 15) is 72.1 Å². The predicted octanol–water partition coefficient (Wildman–Crippen LogP) is 14.0. The smallest absolute Gasteiger partial charge is 0.304 e. The minimum absolute atomic E-state index is 0.167. The molecule has 0 bridgehead atoms. The number of alkyl halides is 1. The average molecular weight is 2100 g/mol. The molecule has 5 saturated heterocycles. The number of carbonyl (C=O) groups excluding carboxylic acids is 1. The largest absolute Gasteiger partial charge is 0.312 e. The van der Waals surface area contributed by atoms with Crippen LogP contribution < -0.4 is 49.6 Å². The average Bonchev–Trinajstić information content (AvgIpc) is 1.65. The van der Waals surface area contributed by atoms with Gasteiger partial charge in [-0.1, -0.05) is 184 Å². The van der Waals surface area contributed by atoms with Crippen LogP contribution >= 0.6 is 23.4 Å². The van der Waals surface area contributed by atoms with Crippen LogP contribution in [0.3, 0.4) is 0 Å². The highest BCUT2D eigenvalue weighted by Gasteiger charge is 2.38. The normalized spacial score (nSPS) is 16.4. The first-order chi connectivity index (χ1) is 65.5. The molecule has 139 heavy (non-hydrogen) atoms. The fraction of sp³-hybridized carbons (Fsp3) is 0.378. The van der Waals surface area contributed by atoms with Gasteiger partial charge < -0.3 is 9.80 Å². The van der Waals surface area contributed by atoms with Gasteiger partial charge in [-0.2, -0.15) is 63.5 Å². The molecule has 5 fully saturated rings. The number of hydrogen-bond acceptors (Lipinski definition) is 19. The standard InChI is InChI=1S/C16H18N2O2S.C14H22N2O2S2.C11H15NO2S.C11H13NO.C10H14N2O2S.C10H13NO2S.C9H13ClN2O2S.C9H12N2O2S.C8H11NO2S/c1-14-7-9-16(10-8-14)18-12-11-17(21(18,19)20)13-15-5-3-2-4-6-15;1-13-3-5-14(6-4-13)15(2)20(17,18)12-9-16-7-10-19-11-8-16;1-3-15(13,14)12-7-6-10-8-9(2)4-5-11(10)12;1-9-4-6-10(7-5-9)12-8-2-3-11(12)13;1-9-3-5-10(6-4-9)12-8-7-11(2)15(12,13)14;1-8-3-4-10-9(7-8)5-6-11(10)14(2,12)13;1-8-2-4-9(5-3-8)12-15(13,14)11-7-6-10;1-8-2-4-9(5-3-8)11-7-6-10-14(11,12)13;1-7-4-3-5-8(6-7)9-12(2,10)11/h2-10H,11-13H2,1H3;3-6H,7-12H2,1-2H3;4-5,8H,3,6-7H2,1-2H3;4-7H,2-3,8H2,1H3;3-6H,7-8H2,1-2H3;3-4,7H,5-6H2,1-2H3;2-5,11-12H,6-7H2,1H3;2-5,10H,6-7H2,1H3;3-6,9H,1-2H3. The summed E-state index contributed by atoms with van der Waals surface area (Å²) in [7, 11) is -22.8. The molecule has 7 aliphatic rings. The third-order valence-electron chi connectivity index (χ3n) is 22.8.